The van der Waals surface area contributed by atoms with E-state index in [1.54, 1.807) is 25.1 Å². The molecular formula is C19H24N2O6S. The number of anilines is 1. The molecule has 1 saturated heterocycles. The summed E-state index contributed by atoms with van der Waals surface area (Å²) in [5.74, 6) is -1.17. The number of sulfonamides is 1. The van der Waals surface area contributed by atoms with Crippen LogP contribution in [0.5, 0.6) is 0 Å². The number of ether oxygens (including phenoxy) is 1. The van der Waals surface area contributed by atoms with Gasteiger partial charge in [0, 0.05) is 30.8 Å². The third-order valence-corrected chi connectivity index (χ3v) is 7.10. The summed E-state index contributed by atoms with van der Waals surface area (Å²) in [5, 5.41) is 2.76. The van der Waals surface area contributed by atoms with E-state index in [1.807, 2.05) is 0 Å². The predicted molar refractivity (Wildman–Crippen MR) is 102 cm³/mol. The van der Waals surface area contributed by atoms with Crippen LogP contribution in [0.25, 0.3) is 0 Å². The predicted octanol–water partition coefficient (Wildman–Crippen LogP) is 1.36. The number of carbonyl (C=O) groups excluding carboxylic acids is 3. The number of aryl methyl sites for hydroxylation is 1. The van der Waals surface area contributed by atoms with Crippen molar-refractivity contribution in [3.05, 3.63) is 29.3 Å². The van der Waals surface area contributed by atoms with Crippen molar-refractivity contribution in [3.8, 4) is 0 Å². The summed E-state index contributed by atoms with van der Waals surface area (Å²) in [5.41, 5.74) is 2.03. The van der Waals surface area contributed by atoms with Gasteiger partial charge in [-0.3, -0.25) is 14.4 Å². The maximum absolute atomic E-state index is 12.4. The molecular weight excluding hydrogens is 384 g/mol. The molecule has 1 aromatic carbocycles. The van der Waals surface area contributed by atoms with E-state index in [0.29, 0.717) is 50.0 Å². The smallest absolute Gasteiger partial charge is 0.309 e. The highest BCUT2D eigenvalue weighted by Crippen LogP contribution is 2.24. The molecule has 9 heteroatoms. The normalized spacial score (nSPS) is 18.2. The molecule has 2 heterocycles. The van der Waals surface area contributed by atoms with Crippen molar-refractivity contribution in [1.82, 2.24) is 4.31 Å². The van der Waals surface area contributed by atoms with Gasteiger partial charge in [-0.05, 0) is 49.9 Å². The van der Waals surface area contributed by atoms with Gasteiger partial charge in [0.15, 0.2) is 12.4 Å². The number of piperidine rings is 1. The van der Waals surface area contributed by atoms with Crippen LogP contribution in [0.4, 0.5) is 5.69 Å². The Morgan fingerprint density at radius 2 is 1.93 bits per heavy atom. The van der Waals surface area contributed by atoms with Gasteiger partial charge in [0.2, 0.25) is 15.9 Å². The lowest BCUT2D eigenvalue weighted by atomic mass is 9.98. The molecule has 2 aliphatic heterocycles. The Balaban J connectivity index is 1.51. The second-order valence-corrected chi connectivity index (χ2v) is 9.28. The number of hydrogen-bond acceptors (Lipinski definition) is 6. The summed E-state index contributed by atoms with van der Waals surface area (Å²) >= 11 is 0. The topological polar surface area (TPSA) is 110 Å². The fourth-order valence-electron chi connectivity index (χ4n) is 3.45. The van der Waals surface area contributed by atoms with Crippen LogP contribution in [0.2, 0.25) is 0 Å². The van der Waals surface area contributed by atoms with Crippen LogP contribution in [0, 0.1) is 5.92 Å². The molecule has 2 aliphatic rings. The van der Waals surface area contributed by atoms with Crippen LogP contribution in [0.1, 0.15) is 42.1 Å². The molecule has 28 heavy (non-hydrogen) atoms. The third kappa shape index (κ3) is 4.59. The number of carbonyl (C=O) groups is 3. The Labute approximate surface area is 164 Å². The molecule has 0 aliphatic carbocycles. The first-order valence-electron chi connectivity index (χ1n) is 9.40. The average molecular weight is 408 g/mol. The Morgan fingerprint density at radius 3 is 2.61 bits per heavy atom. The van der Waals surface area contributed by atoms with E-state index < -0.39 is 21.9 Å². The number of Topliss-reactive ketones (excluding diaryl/α,β-unsaturated/α-hetero) is 1. The largest absolute Gasteiger partial charge is 0.457 e. The number of hydrogen-bond donors (Lipinski definition) is 1. The molecule has 1 amide bonds. The van der Waals surface area contributed by atoms with Crippen molar-refractivity contribution in [2.24, 2.45) is 5.92 Å². The minimum absolute atomic E-state index is 0.0427. The highest BCUT2D eigenvalue weighted by molar-refractivity contribution is 7.89. The standard InChI is InChI=1S/C19H24N2O6S/c1-2-28(25,26)21-9-7-13(8-10-21)19(24)27-12-17(22)15-3-5-16-14(11-15)4-6-18(23)20-16/h3,5,11,13H,2,4,6-10,12H2,1H3,(H,20,23). The van der Waals surface area contributed by atoms with Crippen molar-refractivity contribution in [2.45, 2.75) is 32.6 Å². The zero-order chi connectivity index (χ0) is 20.3. The molecule has 0 bridgehead atoms. The van der Waals surface area contributed by atoms with Crippen LogP contribution >= 0.6 is 0 Å². The quantitative estimate of drug-likeness (QED) is 0.562. The second-order valence-electron chi connectivity index (χ2n) is 7.02. The van der Waals surface area contributed by atoms with Gasteiger partial charge in [0.1, 0.15) is 0 Å². The average Bonchev–Trinajstić information content (AvgIpc) is 2.71. The SMILES string of the molecule is CCS(=O)(=O)N1CCC(C(=O)OCC(=O)c2ccc3c(c2)CCC(=O)N3)CC1. The molecule has 0 spiro atoms. The van der Waals surface area contributed by atoms with E-state index in [4.69, 9.17) is 4.74 Å². The summed E-state index contributed by atoms with van der Waals surface area (Å²) in [6, 6.07) is 5.01. The van der Waals surface area contributed by atoms with E-state index in [2.05, 4.69) is 5.32 Å². The van der Waals surface area contributed by atoms with Crippen molar-refractivity contribution >= 4 is 33.4 Å². The number of benzene rings is 1. The maximum Gasteiger partial charge on any atom is 0.309 e. The Kier molecular flexibility index (Phi) is 6.14. The van der Waals surface area contributed by atoms with E-state index in [0.717, 1.165) is 5.56 Å². The number of rotatable bonds is 6. The summed E-state index contributed by atoms with van der Waals surface area (Å²) in [7, 11) is -3.24. The number of amides is 1. The number of ketones is 1. The summed E-state index contributed by atoms with van der Waals surface area (Å²) < 4.78 is 30.3. The van der Waals surface area contributed by atoms with Crippen molar-refractivity contribution < 1.29 is 27.5 Å². The van der Waals surface area contributed by atoms with Gasteiger partial charge >= 0.3 is 5.97 Å². The fourth-order valence-corrected chi connectivity index (χ4v) is 4.58. The highest BCUT2D eigenvalue weighted by atomic mass is 32.2. The van der Waals surface area contributed by atoms with E-state index in [-0.39, 0.29) is 24.1 Å². The van der Waals surface area contributed by atoms with Gasteiger partial charge in [-0.2, -0.15) is 0 Å². The number of fused-ring (bicyclic) bond motifs is 1. The zero-order valence-corrected chi connectivity index (χ0v) is 16.6. The molecule has 0 saturated carbocycles. The third-order valence-electron chi connectivity index (χ3n) is 5.21. The van der Waals surface area contributed by atoms with E-state index >= 15 is 0 Å². The summed E-state index contributed by atoms with van der Waals surface area (Å²) in [6.07, 6.45) is 1.74. The van der Waals surface area contributed by atoms with Crippen molar-refractivity contribution in [3.63, 3.8) is 0 Å². The lowest BCUT2D eigenvalue weighted by Gasteiger charge is -2.29. The molecule has 0 radical (unpaired) electrons. The van der Waals surface area contributed by atoms with Crippen molar-refractivity contribution in [1.29, 1.82) is 0 Å². The van der Waals surface area contributed by atoms with Crippen molar-refractivity contribution in [2.75, 3.05) is 30.8 Å². The Bertz CT molecular complexity index is 888. The van der Waals surface area contributed by atoms with Crippen LogP contribution < -0.4 is 5.32 Å². The minimum atomic E-state index is -3.24. The summed E-state index contributed by atoms with van der Waals surface area (Å²) in [6.45, 7) is 1.83. The van der Waals surface area contributed by atoms with Gasteiger partial charge in [-0.25, -0.2) is 12.7 Å². The molecule has 3 rings (SSSR count). The van der Waals surface area contributed by atoms with E-state index in [1.165, 1.54) is 4.31 Å². The number of nitrogens with one attached hydrogen (secondary N) is 1. The first-order chi connectivity index (χ1) is 13.3. The molecule has 0 atom stereocenters. The molecule has 1 N–H and O–H groups in total. The second kappa shape index (κ2) is 8.40. The van der Waals surface area contributed by atoms with Gasteiger partial charge in [-0.15, -0.1) is 0 Å². The molecule has 1 fully saturated rings. The van der Waals surface area contributed by atoms with Crippen LogP contribution in [-0.2, 0) is 30.8 Å². The van der Waals surface area contributed by atoms with Gasteiger partial charge < -0.3 is 10.1 Å². The molecule has 0 unspecified atom stereocenters. The van der Waals surface area contributed by atoms with Crippen LogP contribution in [0.3, 0.4) is 0 Å². The molecule has 152 valence electrons. The Hall–Kier alpha value is -2.26. The Morgan fingerprint density at radius 1 is 1.21 bits per heavy atom. The summed E-state index contributed by atoms with van der Waals surface area (Å²) in [4.78, 5) is 36.0. The van der Waals surface area contributed by atoms with Gasteiger partial charge in [-0.1, -0.05) is 0 Å². The maximum atomic E-state index is 12.4. The minimum Gasteiger partial charge on any atom is -0.457 e. The van der Waals surface area contributed by atoms with Crippen LogP contribution in [-0.4, -0.2) is 55.8 Å². The van der Waals surface area contributed by atoms with Gasteiger partial charge in [0.05, 0.1) is 11.7 Å². The monoisotopic (exact) mass is 408 g/mol. The lowest BCUT2D eigenvalue weighted by molar-refractivity contribution is -0.148. The first kappa shape index (κ1) is 20.5. The lowest BCUT2D eigenvalue weighted by Crippen LogP contribution is -2.41. The first-order valence-corrected chi connectivity index (χ1v) is 11.0. The number of esters is 1. The number of nitrogens with zero attached hydrogens (tertiary/aromatic N) is 1. The van der Waals surface area contributed by atoms with E-state index in [9.17, 15) is 22.8 Å². The molecule has 1 aromatic rings. The molecule has 8 nitrogen and oxygen atoms in total. The van der Waals surface area contributed by atoms with Gasteiger partial charge in [0.25, 0.3) is 0 Å². The zero-order valence-electron chi connectivity index (χ0n) is 15.8. The molecule has 0 aromatic heterocycles. The fraction of sp³-hybridized carbons (Fsp3) is 0.526. The van der Waals surface area contributed by atoms with Crippen LogP contribution in [0.15, 0.2) is 18.2 Å². The highest BCUT2D eigenvalue weighted by Gasteiger charge is 2.31.